The van der Waals surface area contributed by atoms with Gasteiger partial charge in [0.05, 0.1) is 0 Å². The highest BCUT2D eigenvalue weighted by atomic mass is 35.5. The molecule has 0 bridgehead atoms. The second-order valence-corrected chi connectivity index (χ2v) is 6.01. The SMILES string of the molecule is CC(C)(C)NCC(F)Cc1cc(Cl)ccc1Cl. The molecular formula is C13H18Cl2FN. The standard InChI is InChI=1S/C13H18Cl2FN/c1-13(2,3)17-8-11(16)7-9-6-10(14)4-5-12(9)15/h4-6,11,17H,7-8H2,1-3H3. The molecule has 1 N–H and O–H groups in total. The van der Waals surface area contributed by atoms with Crippen LogP contribution in [0.5, 0.6) is 0 Å². The van der Waals surface area contributed by atoms with Crippen molar-refractivity contribution < 1.29 is 4.39 Å². The average molecular weight is 278 g/mol. The zero-order valence-electron chi connectivity index (χ0n) is 10.4. The summed E-state index contributed by atoms with van der Waals surface area (Å²) in [5.41, 5.74) is 0.671. The summed E-state index contributed by atoms with van der Waals surface area (Å²) in [6.07, 6.45) is -0.687. The van der Waals surface area contributed by atoms with Gasteiger partial charge in [0.15, 0.2) is 0 Å². The molecule has 0 heterocycles. The van der Waals surface area contributed by atoms with E-state index < -0.39 is 6.17 Å². The van der Waals surface area contributed by atoms with Crippen LogP contribution in [-0.2, 0) is 6.42 Å². The molecule has 0 radical (unpaired) electrons. The third-order valence-electron chi connectivity index (χ3n) is 2.30. The van der Waals surface area contributed by atoms with Gasteiger partial charge in [-0.3, -0.25) is 0 Å². The fourth-order valence-corrected chi connectivity index (χ4v) is 1.82. The lowest BCUT2D eigenvalue weighted by molar-refractivity contribution is 0.284. The normalized spacial score (nSPS) is 13.8. The van der Waals surface area contributed by atoms with E-state index in [-0.39, 0.29) is 12.0 Å². The van der Waals surface area contributed by atoms with Crippen molar-refractivity contribution >= 4 is 23.2 Å². The van der Waals surface area contributed by atoms with Crippen molar-refractivity contribution in [1.82, 2.24) is 5.32 Å². The van der Waals surface area contributed by atoms with Crippen LogP contribution in [0.1, 0.15) is 26.3 Å². The first-order valence-electron chi connectivity index (χ1n) is 5.61. The van der Waals surface area contributed by atoms with E-state index >= 15 is 0 Å². The monoisotopic (exact) mass is 277 g/mol. The molecule has 0 aliphatic heterocycles. The van der Waals surface area contributed by atoms with Gasteiger partial charge in [0.2, 0.25) is 0 Å². The summed E-state index contributed by atoms with van der Waals surface area (Å²) in [5.74, 6) is 0. The maximum Gasteiger partial charge on any atom is 0.117 e. The molecule has 1 unspecified atom stereocenters. The number of alkyl halides is 1. The first-order valence-corrected chi connectivity index (χ1v) is 6.36. The lowest BCUT2D eigenvalue weighted by Gasteiger charge is -2.22. The first-order chi connectivity index (χ1) is 7.78. The van der Waals surface area contributed by atoms with E-state index in [4.69, 9.17) is 23.2 Å². The van der Waals surface area contributed by atoms with Crippen LogP contribution >= 0.6 is 23.2 Å². The van der Waals surface area contributed by atoms with Crippen molar-refractivity contribution in [2.45, 2.75) is 38.9 Å². The van der Waals surface area contributed by atoms with E-state index in [1.165, 1.54) is 0 Å². The Morgan fingerprint density at radius 1 is 1.29 bits per heavy atom. The Morgan fingerprint density at radius 2 is 1.94 bits per heavy atom. The summed E-state index contributed by atoms with van der Waals surface area (Å²) in [5, 5.41) is 4.27. The molecule has 4 heteroatoms. The molecule has 96 valence electrons. The molecule has 0 aliphatic carbocycles. The third kappa shape index (κ3) is 5.71. The highest BCUT2D eigenvalue weighted by molar-refractivity contribution is 6.33. The molecule has 0 saturated heterocycles. The minimum atomic E-state index is -0.967. The van der Waals surface area contributed by atoms with Crippen LogP contribution in [0, 0.1) is 0 Å². The van der Waals surface area contributed by atoms with E-state index in [2.05, 4.69) is 5.32 Å². The molecule has 0 spiro atoms. The summed E-state index contributed by atoms with van der Waals surface area (Å²) in [6.45, 7) is 6.33. The molecule has 1 aromatic carbocycles. The second-order valence-electron chi connectivity index (χ2n) is 5.17. The molecule has 0 aromatic heterocycles. The molecule has 0 fully saturated rings. The highest BCUT2D eigenvalue weighted by Gasteiger charge is 2.15. The minimum absolute atomic E-state index is 0.0809. The Kier molecular flexibility index (Phi) is 5.23. The van der Waals surface area contributed by atoms with Crippen LogP contribution in [0.2, 0.25) is 10.0 Å². The number of rotatable bonds is 4. The van der Waals surface area contributed by atoms with Gasteiger partial charge in [-0.15, -0.1) is 0 Å². The summed E-state index contributed by atoms with van der Waals surface area (Å²) in [6, 6.07) is 5.12. The zero-order chi connectivity index (χ0) is 13.1. The minimum Gasteiger partial charge on any atom is -0.309 e. The van der Waals surface area contributed by atoms with Gasteiger partial charge in [0.25, 0.3) is 0 Å². The van der Waals surface area contributed by atoms with Gasteiger partial charge in [0.1, 0.15) is 6.17 Å². The van der Waals surface area contributed by atoms with Crippen molar-refractivity contribution in [2.24, 2.45) is 0 Å². The van der Waals surface area contributed by atoms with E-state index in [0.717, 1.165) is 5.56 Å². The summed E-state index contributed by atoms with van der Waals surface area (Å²) in [7, 11) is 0. The summed E-state index contributed by atoms with van der Waals surface area (Å²) < 4.78 is 13.8. The van der Waals surface area contributed by atoms with Crippen LogP contribution in [-0.4, -0.2) is 18.3 Å². The summed E-state index contributed by atoms with van der Waals surface area (Å²) in [4.78, 5) is 0. The summed E-state index contributed by atoms with van der Waals surface area (Å²) >= 11 is 11.8. The Bertz CT molecular complexity index is 374. The van der Waals surface area contributed by atoms with E-state index in [9.17, 15) is 4.39 Å². The van der Waals surface area contributed by atoms with Crippen LogP contribution in [0.25, 0.3) is 0 Å². The molecule has 1 aromatic rings. The van der Waals surface area contributed by atoms with Gasteiger partial charge in [-0.1, -0.05) is 23.2 Å². The maximum atomic E-state index is 13.8. The number of benzene rings is 1. The number of nitrogens with one attached hydrogen (secondary N) is 1. The van der Waals surface area contributed by atoms with E-state index in [0.29, 0.717) is 16.6 Å². The maximum absolute atomic E-state index is 13.8. The Balaban J connectivity index is 2.56. The molecule has 1 atom stereocenters. The Hall–Kier alpha value is -0.310. The van der Waals surface area contributed by atoms with Crippen molar-refractivity contribution in [3.63, 3.8) is 0 Å². The van der Waals surface area contributed by atoms with Crippen LogP contribution in [0.3, 0.4) is 0 Å². The smallest absolute Gasteiger partial charge is 0.117 e. The number of halogens is 3. The first kappa shape index (κ1) is 14.7. The second kappa shape index (κ2) is 6.03. The molecule has 1 rings (SSSR count). The zero-order valence-corrected chi connectivity index (χ0v) is 11.9. The average Bonchev–Trinajstić information content (AvgIpc) is 2.20. The predicted octanol–water partition coefficient (Wildman–Crippen LogP) is 4.26. The lowest BCUT2D eigenvalue weighted by atomic mass is 10.1. The quantitative estimate of drug-likeness (QED) is 0.867. The van der Waals surface area contributed by atoms with Gasteiger partial charge >= 0.3 is 0 Å². The third-order valence-corrected chi connectivity index (χ3v) is 2.91. The van der Waals surface area contributed by atoms with Crippen molar-refractivity contribution in [2.75, 3.05) is 6.54 Å². The molecule has 0 aliphatic rings. The predicted molar refractivity (Wildman–Crippen MR) is 72.8 cm³/mol. The van der Waals surface area contributed by atoms with Gasteiger partial charge in [-0.25, -0.2) is 4.39 Å². The van der Waals surface area contributed by atoms with Gasteiger partial charge in [-0.2, -0.15) is 0 Å². The molecule has 17 heavy (non-hydrogen) atoms. The van der Waals surface area contributed by atoms with Gasteiger partial charge in [0, 0.05) is 28.5 Å². The van der Waals surface area contributed by atoms with E-state index in [1.54, 1.807) is 18.2 Å². The Morgan fingerprint density at radius 3 is 2.53 bits per heavy atom. The number of hydrogen-bond acceptors (Lipinski definition) is 1. The molecular weight excluding hydrogens is 260 g/mol. The highest BCUT2D eigenvalue weighted by Crippen LogP contribution is 2.22. The lowest BCUT2D eigenvalue weighted by Crippen LogP contribution is -2.40. The van der Waals surface area contributed by atoms with Crippen molar-refractivity contribution in [3.05, 3.63) is 33.8 Å². The molecule has 0 amide bonds. The van der Waals surface area contributed by atoms with Crippen LogP contribution in [0.15, 0.2) is 18.2 Å². The van der Waals surface area contributed by atoms with Crippen LogP contribution < -0.4 is 5.32 Å². The fourth-order valence-electron chi connectivity index (χ4n) is 1.43. The molecule has 1 nitrogen and oxygen atoms in total. The van der Waals surface area contributed by atoms with E-state index in [1.807, 2.05) is 20.8 Å². The fraction of sp³-hybridized carbons (Fsp3) is 0.538. The molecule has 0 saturated carbocycles. The van der Waals surface area contributed by atoms with Crippen LogP contribution in [0.4, 0.5) is 4.39 Å². The largest absolute Gasteiger partial charge is 0.309 e. The van der Waals surface area contributed by atoms with Gasteiger partial charge < -0.3 is 5.32 Å². The van der Waals surface area contributed by atoms with Crippen molar-refractivity contribution in [1.29, 1.82) is 0 Å². The Labute approximate surface area is 112 Å². The van der Waals surface area contributed by atoms with Crippen molar-refractivity contribution in [3.8, 4) is 0 Å². The van der Waals surface area contributed by atoms with Gasteiger partial charge in [-0.05, 0) is 44.5 Å². The topological polar surface area (TPSA) is 12.0 Å². The number of hydrogen-bond donors (Lipinski definition) is 1.